The maximum Gasteiger partial charge on any atom is 0.0569 e. The molecule has 2 N–H and O–H groups in total. The van der Waals surface area contributed by atoms with E-state index in [1.807, 2.05) is 6.92 Å². The van der Waals surface area contributed by atoms with E-state index in [0.29, 0.717) is 5.92 Å². The third kappa shape index (κ3) is 3.58. The molecule has 0 spiro atoms. The first-order valence-corrected chi connectivity index (χ1v) is 5.99. The lowest BCUT2D eigenvalue weighted by molar-refractivity contribution is 0.0191. The zero-order valence-corrected chi connectivity index (χ0v) is 9.45. The number of hydrogen-bond donors (Lipinski definition) is 2. The summed E-state index contributed by atoms with van der Waals surface area (Å²) in [6.07, 6.45) is 6.06. The van der Waals surface area contributed by atoms with Gasteiger partial charge in [-0.05, 0) is 44.4 Å². The Labute approximate surface area is 87.3 Å². The van der Waals surface area contributed by atoms with Gasteiger partial charge in [-0.25, -0.2) is 0 Å². The van der Waals surface area contributed by atoms with E-state index in [1.54, 1.807) is 0 Å². The van der Waals surface area contributed by atoms with Gasteiger partial charge in [0.15, 0.2) is 0 Å². The molecule has 0 heterocycles. The molecule has 0 amide bonds. The van der Waals surface area contributed by atoms with E-state index in [2.05, 4.69) is 6.92 Å². The second-order valence-corrected chi connectivity index (χ2v) is 4.88. The quantitative estimate of drug-likeness (QED) is 0.731. The SMILES string of the molecule is CCCC1CCC(O)C(CC(C)O)C1. The molecule has 1 saturated carbocycles. The summed E-state index contributed by atoms with van der Waals surface area (Å²) in [5, 5.41) is 19.1. The van der Waals surface area contributed by atoms with Crippen molar-refractivity contribution in [3.05, 3.63) is 0 Å². The molecular weight excluding hydrogens is 176 g/mol. The van der Waals surface area contributed by atoms with Gasteiger partial charge in [0.05, 0.1) is 12.2 Å². The molecule has 2 nitrogen and oxygen atoms in total. The Morgan fingerprint density at radius 2 is 2.07 bits per heavy atom. The third-order valence-electron chi connectivity index (χ3n) is 3.39. The van der Waals surface area contributed by atoms with Gasteiger partial charge < -0.3 is 10.2 Å². The molecule has 1 fully saturated rings. The lowest BCUT2D eigenvalue weighted by Gasteiger charge is -2.34. The maximum atomic E-state index is 9.79. The second-order valence-electron chi connectivity index (χ2n) is 4.88. The molecule has 1 rings (SSSR count). The molecule has 0 aromatic carbocycles. The number of aliphatic hydroxyl groups excluding tert-OH is 2. The molecule has 0 aliphatic heterocycles. The minimum absolute atomic E-state index is 0.169. The Hall–Kier alpha value is -0.0800. The minimum Gasteiger partial charge on any atom is -0.393 e. The zero-order valence-electron chi connectivity index (χ0n) is 9.45. The molecule has 0 saturated heterocycles. The molecule has 0 aromatic rings. The third-order valence-corrected chi connectivity index (χ3v) is 3.39. The van der Waals surface area contributed by atoms with Crippen LogP contribution in [-0.4, -0.2) is 22.4 Å². The summed E-state index contributed by atoms with van der Waals surface area (Å²) in [6, 6.07) is 0. The summed E-state index contributed by atoms with van der Waals surface area (Å²) in [6.45, 7) is 4.03. The normalized spacial score (nSPS) is 35.6. The number of aliphatic hydroxyl groups is 2. The summed E-state index contributed by atoms with van der Waals surface area (Å²) >= 11 is 0. The highest BCUT2D eigenvalue weighted by molar-refractivity contribution is 4.80. The molecular formula is C12H24O2. The van der Waals surface area contributed by atoms with Crippen molar-refractivity contribution < 1.29 is 10.2 Å². The van der Waals surface area contributed by atoms with Gasteiger partial charge in [0.25, 0.3) is 0 Å². The van der Waals surface area contributed by atoms with Crippen LogP contribution in [-0.2, 0) is 0 Å². The van der Waals surface area contributed by atoms with Crippen LogP contribution in [0.4, 0.5) is 0 Å². The molecule has 1 aliphatic rings. The van der Waals surface area contributed by atoms with Crippen molar-refractivity contribution >= 4 is 0 Å². The minimum atomic E-state index is -0.268. The molecule has 84 valence electrons. The van der Waals surface area contributed by atoms with E-state index in [1.165, 1.54) is 19.3 Å². The standard InChI is InChI=1S/C12H24O2/c1-3-4-10-5-6-12(14)11(8-10)7-9(2)13/h9-14H,3-8H2,1-2H3. The largest absolute Gasteiger partial charge is 0.393 e. The van der Waals surface area contributed by atoms with Gasteiger partial charge in [0.2, 0.25) is 0 Å². The van der Waals surface area contributed by atoms with Gasteiger partial charge >= 0.3 is 0 Å². The highest BCUT2D eigenvalue weighted by atomic mass is 16.3. The van der Waals surface area contributed by atoms with Crippen molar-refractivity contribution in [3.63, 3.8) is 0 Å². The first kappa shape index (κ1) is 12.0. The van der Waals surface area contributed by atoms with Crippen LogP contribution in [0.15, 0.2) is 0 Å². The Morgan fingerprint density at radius 1 is 1.36 bits per heavy atom. The van der Waals surface area contributed by atoms with Crippen LogP contribution < -0.4 is 0 Å². The monoisotopic (exact) mass is 200 g/mol. The molecule has 0 aromatic heterocycles. The predicted molar refractivity (Wildman–Crippen MR) is 58.0 cm³/mol. The van der Waals surface area contributed by atoms with Crippen molar-refractivity contribution in [1.29, 1.82) is 0 Å². The van der Waals surface area contributed by atoms with E-state index in [4.69, 9.17) is 0 Å². The number of hydrogen-bond acceptors (Lipinski definition) is 2. The van der Waals surface area contributed by atoms with Crippen molar-refractivity contribution in [3.8, 4) is 0 Å². The summed E-state index contributed by atoms with van der Waals surface area (Å²) in [5.41, 5.74) is 0. The Balaban J connectivity index is 2.38. The van der Waals surface area contributed by atoms with Gasteiger partial charge in [0, 0.05) is 0 Å². The lowest BCUT2D eigenvalue weighted by atomic mass is 9.75. The van der Waals surface area contributed by atoms with Crippen molar-refractivity contribution in [2.45, 2.75) is 64.6 Å². The van der Waals surface area contributed by atoms with E-state index in [9.17, 15) is 10.2 Å². The topological polar surface area (TPSA) is 40.5 Å². The fraction of sp³-hybridized carbons (Fsp3) is 1.00. The average molecular weight is 200 g/mol. The highest BCUT2D eigenvalue weighted by Crippen LogP contribution is 2.34. The van der Waals surface area contributed by atoms with Gasteiger partial charge in [-0.2, -0.15) is 0 Å². The Bertz CT molecular complexity index is 156. The van der Waals surface area contributed by atoms with E-state index < -0.39 is 0 Å². The summed E-state index contributed by atoms with van der Waals surface area (Å²) in [4.78, 5) is 0. The van der Waals surface area contributed by atoms with Gasteiger partial charge in [-0.1, -0.05) is 19.8 Å². The van der Waals surface area contributed by atoms with Crippen molar-refractivity contribution in [2.75, 3.05) is 0 Å². The highest BCUT2D eigenvalue weighted by Gasteiger charge is 2.29. The molecule has 0 radical (unpaired) electrons. The smallest absolute Gasteiger partial charge is 0.0569 e. The van der Waals surface area contributed by atoms with Crippen molar-refractivity contribution in [2.24, 2.45) is 11.8 Å². The first-order valence-electron chi connectivity index (χ1n) is 5.99. The van der Waals surface area contributed by atoms with Gasteiger partial charge in [-0.3, -0.25) is 0 Å². The van der Waals surface area contributed by atoms with Crippen LogP contribution >= 0.6 is 0 Å². The predicted octanol–water partition coefficient (Wildman–Crippen LogP) is 2.33. The van der Waals surface area contributed by atoms with Gasteiger partial charge in [-0.15, -0.1) is 0 Å². The average Bonchev–Trinajstić information content (AvgIpc) is 2.10. The van der Waals surface area contributed by atoms with Crippen LogP contribution in [0.3, 0.4) is 0 Å². The zero-order chi connectivity index (χ0) is 10.6. The van der Waals surface area contributed by atoms with E-state index in [0.717, 1.165) is 25.2 Å². The van der Waals surface area contributed by atoms with Gasteiger partial charge in [0.1, 0.15) is 0 Å². The maximum absolute atomic E-state index is 9.79. The Morgan fingerprint density at radius 3 is 2.64 bits per heavy atom. The van der Waals surface area contributed by atoms with Crippen LogP contribution in [0.25, 0.3) is 0 Å². The first-order chi connectivity index (χ1) is 6.63. The molecule has 0 bridgehead atoms. The van der Waals surface area contributed by atoms with E-state index in [-0.39, 0.29) is 12.2 Å². The van der Waals surface area contributed by atoms with Crippen LogP contribution in [0.1, 0.15) is 52.4 Å². The molecule has 4 unspecified atom stereocenters. The Kier molecular flexibility index (Phi) is 4.90. The van der Waals surface area contributed by atoms with Crippen LogP contribution in [0.2, 0.25) is 0 Å². The summed E-state index contributed by atoms with van der Waals surface area (Å²) in [5.74, 6) is 1.12. The molecule has 14 heavy (non-hydrogen) atoms. The fourth-order valence-electron chi connectivity index (χ4n) is 2.71. The van der Waals surface area contributed by atoms with E-state index >= 15 is 0 Å². The summed E-state index contributed by atoms with van der Waals surface area (Å²) < 4.78 is 0. The lowest BCUT2D eigenvalue weighted by Crippen LogP contribution is -2.31. The van der Waals surface area contributed by atoms with Crippen molar-refractivity contribution in [1.82, 2.24) is 0 Å². The molecule has 4 atom stereocenters. The molecule has 1 aliphatic carbocycles. The molecule has 2 heteroatoms. The summed E-state index contributed by atoms with van der Waals surface area (Å²) in [7, 11) is 0. The van der Waals surface area contributed by atoms with Crippen LogP contribution in [0.5, 0.6) is 0 Å². The second kappa shape index (κ2) is 5.72. The fourth-order valence-corrected chi connectivity index (χ4v) is 2.71. The van der Waals surface area contributed by atoms with Crippen LogP contribution in [0, 0.1) is 11.8 Å². The number of rotatable bonds is 4.